The van der Waals surface area contributed by atoms with Gasteiger partial charge in [0.15, 0.2) is 5.60 Å². The average molecular weight is 218 g/mol. The highest BCUT2D eigenvalue weighted by atomic mass is 16.4. The van der Waals surface area contributed by atoms with Gasteiger partial charge in [0.1, 0.15) is 0 Å². The van der Waals surface area contributed by atoms with E-state index in [-0.39, 0.29) is 6.54 Å². The van der Waals surface area contributed by atoms with Gasteiger partial charge in [0.05, 0.1) is 0 Å². The van der Waals surface area contributed by atoms with Gasteiger partial charge in [0.25, 0.3) is 0 Å². The quantitative estimate of drug-likeness (QED) is 0.614. The van der Waals surface area contributed by atoms with Crippen molar-refractivity contribution in [1.29, 1.82) is 0 Å². The lowest BCUT2D eigenvalue weighted by Crippen LogP contribution is -2.45. The lowest BCUT2D eigenvalue weighted by atomic mass is 10.1. The van der Waals surface area contributed by atoms with Gasteiger partial charge in [-0.1, -0.05) is 0 Å². The molecule has 0 aliphatic heterocycles. The highest BCUT2D eigenvalue weighted by molar-refractivity contribution is 5.76. The second-order valence-corrected chi connectivity index (χ2v) is 4.47. The molecule has 5 heteroatoms. The van der Waals surface area contributed by atoms with Crippen LogP contribution >= 0.6 is 0 Å². The number of aliphatic carboxylic acids is 1. The highest BCUT2D eigenvalue weighted by Gasteiger charge is 2.30. The van der Waals surface area contributed by atoms with Crippen LogP contribution in [0.25, 0.3) is 0 Å². The molecule has 0 saturated heterocycles. The number of rotatable bonds is 7. The zero-order valence-electron chi connectivity index (χ0n) is 10.0. The molecule has 0 aliphatic carbocycles. The van der Waals surface area contributed by atoms with Gasteiger partial charge in [0.2, 0.25) is 0 Å². The van der Waals surface area contributed by atoms with Gasteiger partial charge >= 0.3 is 5.97 Å². The molecule has 1 atom stereocenters. The van der Waals surface area contributed by atoms with Crippen LogP contribution in [-0.4, -0.2) is 72.4 Å². The first kappa shape index (κ1) is 14.3. The van der Waals surface area contributed by atoms with E-state index in [9.17, 15) is 9.90 Å². The van der Waals surface area contributed by atoms with Gasteiger partial charge in [0, 0.05) is 6.54 Å². The van der Waals surface area contributed by atoms with E-state index in [0.717, 1.165) is 19.5 Å². The van der Waals surface area contributed by atoms with E-state index in [1.54, 1.807) is 0 Å². The van der Waals surface area contributed by atoms with Gasteiger partial charge in [-0.25, -0.2) is 4.79 Å². The highest BCUT2D eigenvalue weighted by Crippen LogP contribution is 2.05. The molecule has 0 saturated carbocycles. The van der Waals surface area contributed by atoms with Crippen LogP contribution in [0.5, 0.6) is 0 Å². The van der Waals surface area contributed by atoms with Crippen molar-refractivity contribution >= 4 is 5.97 Å². The molecular formula is C10H22N2O3. The monoisotopic (exact) mass is 218 g/mol. The number of hydrogen-bond donors (Lipinski definition) is 2. The van der Waals surface area contributed by atoms with Crippen LogP contribution < -0.4 is 0 Å². The largest absolute Gasteiger partial charge is 0.479 e. The number of likely N-dealkylation sites (N-methyl/N-ethyl adjacent to an activating group) is 1. The number of aliphatic hydroxyl groups is 1. The van der Waals surface area contributed by atoms with Crippen molar-refractivity contribution < 1.29 is 15.0 Å². The van der Waals surface area contributed by atoms with Crippen LogP contribution in [0.4, 0.5) is 0 Å². The fourth-order valence-electron chi connectivity index (χ4n) is 1.33. The van der Waals surface area contributed by atoms with Crippen LogP contribution in [0.1, 0.15) is 13.3 Å². The van der Waals surface area contributed by atoms with E-state index < -0.39 is 11.6 Å². The Kier molecular flexibility index (Phi) is 5.79. The fraction of sp³-hybridized carbons (Fsp3) is 0.900. The summed E-state index contributed by atoms with van der Waals surface area (Å²) in [5.41, 5.74) is -1.66. The number of hydrogen-bond acceptors (Lipinski definition) is 4. The molecule has 0 amide bonds. The average Bonchev–Trinajstić information content (AvgIpc) is 2.01. The second kappa shape index (κ2) is 6.05. The molecule has 0 rings (SSSR count). The summed E-state index contributed by atoms with van der Waals surface area (Å²) in [4.78, 5) is 14.6. The zero-order chi connectivity index (χ0) is 12.1. The van der Waals surface area contributed by atoms with Gasteiger partial charge < -0.3 is 20.0 Å². The van der Waals surface area contributed by atoms with Crippen LogP contribution in [-0.2, 0) is 4.79 Å². The molecule has 0 bridgehead atoms. The van der Waals surface area contributed by atoms with E-state index in [2.05, 4.69) is 4.90 Å². The Morgan fingerprint density at radius 2 is 1.80 bits per heavy atom. The van der Waals surface area contributed by atoms with Gasteiger partial charge in [-0.05, 0) is 47.6 Å². The molecule has 0 radical (unpaired) electrons. The molecule has 0 aromatic carbocycles. The zero-order valence-corrected chi connectivity index (χ0v) is 10.0. The van der Waals surface area contributed by atoms with Gasteiger partial charge in [-0.15, -0.1) is 0 Å². The molecule has 0 spiro atoms. The molecule has 15 heavy (non-hydrogen) atoms. The Hall–Kier alpha value is -0.650. The summed E-state index contributed by atoms with van der Waals surface area (Å²) in [7, 11) is 5.80. The van der Waals surface area contributed by atoms with Gasteiger partial charge in [-0.2, -0.15) is 0 Å². The minimum absolute atomic E-state index is 0.149. The summed E-state index contributed by atoms with van der Waals surface area (Å²) in [5.74, 6) is -1.18. The maximum absolute atomic E-state index is 10.7. The predicted octanol–water partition coefficient (Wildman–Crippen LogP) is -0.294. The normalized spacial score (nSPS) is 15.7. The molecule has 2 N–H and O–H groups in total. The van der Waals surface area contributed by atoms with Crippen LogP contribution in [0.15, 0.2) is 0 Å². The third-order valence-electron chi connectivity index (χ3n) is 2.18. The fourth-order valence-corrected chi connectivity index (χ4v) is 1.33. The number of nitrogens with zero attached hydrogens (tertiary/aromatic N) is 2. The lowest BCUT2D eigenvalue weighted by molar-refractivity contribution is -0.158. The number of carbonyl (C=O) groups is 1. The molecular weight excluding hydrogens is 196 g/mol. The first-order valence-electron chi connectivity index (χ1n) is 5.05. The summed E-state index contributed by atoms with van der Waals surface area (Å²) in [5, 5.41) is 18.2. The first-order valence-corrected chi connectivity index (χ1v) is 5.05. The minimum atomic E-state index is -1.66. The molecule has 0 heterocycles. The van der Waals surface area contributed by atoms with Crippen molar-refractivity contribution in [3.8, 4) is 0 Å². The SMILES string of the molecule is CN(C)CCCN(C)CC(C)(O)C(=O)O. The molecule has 90 valence electrons. The topological polar surface area (TPSA) is 64.0 Å². The standard InChI is InChI=1S/C10H22N2O3/c1-10(15,9(13)14)8-12(4)7-5-6-11(2)3/h15H,5-8H2,1-4H3,(H,13,14). The Morgan fingerprint density at radius 1 is 1.27 bits per heavy atom. The van der Waals surface area contributed by atoms with Crippen molar-refractivity contribution in [2.75, 3.05) is 40.8 Å². The van der Waals surface area contributed by atoms with E-state index in [0.29, 0.717) is 0 Å². The van der Waals surface area contributed by atoms with E-state index >= 15 is 0 Å². The number of carboxylic acids is 1. The van der Waals surface area contributed by atoms with Crippen molar-refractivity contribution in [2.24, 2.45) is 0 Å². The van der Waals surface area contributed by atoms with Crippen LogP contribution in [0, 0.1) is 0 Å². The molecule has 0 aromatic heterocycles. The van der Waals surface area contributed by atoms with Crippen LogP contribution in [0.3, 0.4) is 0 Å². The molecule has 1 unspecified atom stereocenters. The van der Waals surface area contributed by atoms with Gasteiger partial charge in [-0.3, -0.25) is 0 Å². The lowest BCUT2D eigenvalue weighted by Gasteiger charge is -2.25. The smallest absolute Gasteiger partial charge is 0.336 e. The first-order chi connectivity index (χ1) is 6.75. The van der Waals surface area contributed by atoms with Crippen LogP contribution in [0.2, 0.25) is 0 Å². The maximum Gasteiger partial charge on any atom is 0.336 e. The summed E-state index contributed by atoms with van der Waals surface area (Å²) in [6, 6.07) is 0. The van der Waals surface area contributed by atoms with E-state index in [4.69, 9.17) is 5.11 Å². The summed E-state index contributed by atoms with van der Waals surface area (Å²) in [6.45, 7) is 3.20. The third kappa shape index (κ3) is 6.43. The molecule has 0 aromatic rings. The van der Waals surface area contributed by atoms with E-state index in [1.165, 1.54) is 6.92 Å². The third-order valence-corrected chi connectivity index (χ3v) is 2.18. The maximum atomic E-state index is 10.7. The molecule has 0 aliphatic rings. The van der Waals surface area contributed by atoms with E-state index in [1.807, 2.05) is 26.0 Å². The Morgan fingerprint density at radius 3 is 2.20 bits per heavy atom. The molecule has 5 nitrogen and oxygen atoms in total. The van der Waals surface area contributed by atoms with Crippen molar-refractivity contribution in [3.05, 3.63) is 0 Å². The predicted molar refractivity (Wildman–Crippen MR) is 58.9 cm³/mol. The van der Waals surface area contributed by atoms with Crippen molar-refractivity contribution in [3.63, 3.8) is 0 Å². The summed E-state index contributed by atoms with van der Waals surface area (Å²) >= 11 is 0. The molecule has 0 fully saturated rings. The Bertz CT molecular complexity index is 205. The number of carboxylic acid groups (broad SMARTS) is 1. The summed E-state index contributed by atoms with van der Waals surface area (Å²) < 4.78 is 0. The Labute approximate surface area is 91.3 Å². The van der Waals surface area contributed by atoms with Crippen molar-refractivity contribution in [2.45, 2.75) is 18.9 Å². The summed E-state index contributed by atoms with van der Waals surface area (Å²) in [6.07, 6.45) is 0.958. The minimum Gasteiger partial charge on any atom is -0.479 e. The second-order valence-electron chi connectivity index (χ2n) is 4.47. The van der Waals surface area contributed by atoms with Crippen molar-refractivity contribution in [1.82, 2.24) is 9.80 Å². The Balaban J connectivity index is 3.83.